The van der Waals surface area contributed by atoms with Crippen LogP contribution >= 0.6 is 0 Å². The van der Waals surface area contributed by atoms with Gasteiger partial charge in [0.2, 0.25) is 0 Å². The molecule has 3 rings (SSSR count). The van der Waals surface area contributed by atoms with Crippen LogP contribution in [0.3, 0.4) is 0 Å². The molecule has 0 spiro atoms. The molecule has 1 N–H and O–H groups in total. The number of carbonyl (C=O) groups is 1. The van der Waals surface area contributed by atoms with Crippen LogP contribution in [0.15, 0.2) is 36.8 Å². The molecular formula is C16H19N5O. The van der Waals surface area contributed by atoms with E-state index in [4.69, 9.17) is 0 Å². The van der Waals surface area contributed by atoms with Crippen molar-refractivity contribution in [1.29, 1.82) is 0 Å². The minimum absolute atomic E-state index is 0.150. The van der Waals surface area contributed by atoms with Crippen molar-refractivity contribution in [2.45, 2.75) is 18.8 Å². The van der Waals surface area contributed by atoms with E-state index < -0.39 is 0 Å². The lowest BCUT2D eigenvalue weighted by Crippen LogP contribution is -2.35. The van der Waals surface area contributed by atoms with Gasteiger partial charge in [-0.05, 0) is 25.0 Å². The van der Waals surface area contributed by atoms with Crippen LogP contribution in [0.25, 0.3) is 0 Å². The van der Waals surface area contributed by atoms with E-state index >= 15 is 0 Å². The van der Waals surface area contributed by atoms with Crippen molar-refractivity contribution in [3.8, 4) is 0 Å². The number of piperidine rings is 1. The second-order valence-corrected chi connectivity index (χ2v) is 5.38. The average Bonchev–Trinajstić information content (AvgIpc) is 2.62. The molecular weight excluding hydrogens is 278 g/mol. The van der Waals surface area contributed by atoms with Gasteiger partial charge in [-0.25, -0.2) is 9.97 Å². The molecule has 0 saturated carbocycles. The fourth-order valence-corrected chi connectivity index (χ4v) is 2.81. The van der Waals surface area contributed by atoms with Gasteiger partial charge in [-0.3, -0.25) is 9.78 Å². The number of aromatic nitrogens is 3. The van der Waals surface area contributed by atoms with Crippen molar-refractivity contribution in [1.82, 2.24) is 20.3 Å². The van der Waals surface area contributed by atoms with E-state index in [1.165, 1.54) is 0 Å². The van der Waals surface area contributed by atoms with Gasteiger partial charge in [0.1, 0.15) is 11.5 Å². The highest BCUT2D eigenvalue weighted by Crippen LogP contribution is 2.27. The number of nitrogens with one attached hydrogen (secondary N) is 1. The van der Waals surface area contributed by atoms with Crippen molar-refractivity contribution in [3.05, 3.63) is 48.2 Å². The first kappa shape index (κ1) is 14.4. The number of rotatable bonds is 3. The number of hydrogen-bond acceptors (Lipinski definition) is 5. The monoisotopic (exact) mass is 297 g/mol. The third-order valence-corrected chi connectivity index (χ3v) is 3.94. The second-order valence-electron chi connectivity index (χ2n) is 5.38. The molecule has 1 aliphatic rings. The SMILES string of the molecule is CNC(=O)c1cccc(C2CCCN(c3cnccn3)C2)n1. The maximum atomic E-state index is 11.7. The fourth-order valence-electron chi connectivity index (χ4n) is 2.81. The van der Waals surface area contributed by atoms with Crippen LogP contribution in [0.1, 0.15) is 34.9 Å². The first-order chi connectivity index (χ1) is 10.8. The number of nitrogens with zero attached hydrogens (tertiary/aromatic N) is 4. The summed E-state index contributed by atoms with van der Waals surface area (Å²) in [6.45, 7) is 1.83. The van der Waals surface area contributed by atoms with Gasteiger partial charge in [-0.2, -0.15) is 0 Å². The lowest BCUT2D eigenvalue weighted by atomic mass is 9.94. The molecule has 6 heteroatoms. The molecule has 2 aromatic heterocycles. The van der Waals surface area contributed by atoms with Gasteiger partial charge in [0.25, 0.3) is 5.91 Å². The average molecular weight is 297 g/mol. The molecule has 0 bridgehead atoms. The molecule has 0 radical (unpaired) electrons. The van der Waals surface area contributed by atoms with Crippen LogP contribution in [-0.4, -0.2) is 41.0 Å². The first-order valence-electron chi connectivity index (χ1n) is 7.48. The van der Waals surface area contributed by atoms with Gasteiger partial charge >= 0.3 is 0 Å². The number of hydrogen-bond donors (Lipinski definition) is 1. The van der Waals surface area contributed by atoms with Crippen LogP contribution < -0.4 is 10.2 Å². The minimum Gasteiger partial charge on any atom is -0.355 e. The first-order valence-corrected chi connectivity index (χ1v) is 7.48. The van der Waals surface area contributed by atoms with Gasteiger partial charge < -0.3 is 10.2 Å². The molecule has 2 aromatic rings. The predicted octanol–water partition coefficient (Wildman–Crippen LogP) is 1.62. The van der Waals surface area contributed by atoms with Crippen molar-refractivity contribution < 1.29 is 4.79 Å². The Labute approximate surface area is 129 Å². The maximum Gasteiger partial charge on any atom is 0.269 e. The Bertz CT molecular complexity index is 646. The summed E-state index contributed by atoms with van der Waals surface area (Å²) in [6.07, 6.45) is 7.33. The molecule has 0 aliphatic carbocycles. The third kappa shape index (κ3) is 3.05. The van der Waals surface area contributed by atoms with Crippen molar-refractivity contribution >= 4 is 11.7 Å². The van der Waals surface area contributed by atoms with Crippen molar-refractivity contribution in [3.63, 3.8) is 0 Å². The van der Waals surface area contributed by atoms with E-state index in [2.05, 4.69) is 25.2 Å². The highest BCUT2D eigenvalue weighted by Gasteiger charge is 2.23. The normalized spacial score (nSPS) is 18.0. The Kier molecular flexibility index (Phi) is 4.27. The molecule has 1 amide bonds. The highest BCUT2D eigenvalue weighted by atomic mass is 16.1. The van der Waals surface area contributed by atoms with Gasteiger partial charge in [0.05, 0.1) is 6.20 Å². The molecule has 22 heavy (non-hydrogen) atoms. The molecule has 1 unspecified atom stereocenters. The summed E-state index contributed by atoms with van der Waals surface area (Å²) in [4.78, 5) is 27.0. The van der Waals surface area contributed by atoms with Gasteiger partial charge in [-0.15, -0.1) is 0 Å². The largest absolute Gasteiger partial charge is 0.355 e. The van der Waals surface area contributed by atoms with Crippen molar-refractivity contribution in [2.75, 3.05) is 25.0 Å². The zero-order valence-corrected chi connectivity index (χ0v) is 12.6. The Morgan fingerprint density at radius 1 is 1.36 bits per heavy atom. The summed E-state index contributed by atoms with van der Waals surface area (Å²) in [5.41, 5.74) is 1.44. The van der Waals surface area contributed by atoms with Crippen LogP contribution in [0.2, 0.25) is 0 Å². The topological polar surface area (TPSA) is 71.0 Å². The zero-order valence-electron chi connectivity index (χ0n) is 12.6. The third-order valence-electron chi connectivity index (χ3n) is 3.94. The molecule has 1 atom stereocenters. The summed E-state index contributed by atoms with van der Waals surface area (Å²) < 4.78 is 0. The van der Waals surface area contributed by atoms with Crippen LogP contribution in [0.4, 0.5) is 5.82 Å². The second kappa shape index (κ2) is 6.51. The van der Waals surface area contributed by atoms with E-state index in [1.54, 1.807) is 31.7 Å². The zero-order chi connectivity index (χ0) is 15.4. The Hall–Kier alpha value is -2.50. The summed E-state index contributed by atoms with van der Waals surface area (Å²) in [5, 5.41) is 2.62. The van der Waals surface area contributed by atoms with Crippen LogP contribution in [-0.2, 0) is 0 Å². The van der Waals surface area contributed by atoms with Crippen LogP contribution in [0.5, 0.6) is 0 Å². The smallest absolute Gasteiger partial charge is 0.269 e. The molecule has 114 valence electrons. The lowest BCUT2D eigenvalue weighted by Gasteiger charge is -2.33. The predicted molar refractivity (Wildman–Crippen MR) is 83.8 cm³/mol. The Balaban J connectivity index is 1.79. The van der Waals surface area contributed by atoms with Gasteiger partial charge in [0.15, 0.2) is 0 Å². The molecule has 1 aliphatic heterocycles. The molecule has 6 nitrogen and oxygen atoms in total. The van der Waals surface area contributed by atoms with E-state index in [-0.39, 0.29) is 5.91 Å². The molecule has 1 fully saturated rings. The van der Waals surface area contributed by atoms with E-state index in [9.17, 15) is 4.79 Å². The minimum atomic E-state index is -0.150. The van der Waals surface area contributed by atoms with E-state index in [0.717, 1.165) is 37.4 Å². The van der Waals surface area contributed by atoms with E-state index in [1.807, 2.05) is 12.1 Å². The molecule has 3 heterocycles. The molecule has 0 aromatic carbocycles. The van der Waals surface area contributed by atoms with Crippen LogP contribution in [0, 0.1) is 0 Å². The maximum absolute atomic E-state index is 11.7. The quantitative estimate of drug-likeness (QED) is 0.932. The standard InChI is InChI=1S/C16H19N5O/c1-17-16(22)14-6-2-5-13(20-14)12-4-3-9-21(11-12)15-10-18-7-8-19-15/h2,5-8,10,12H,3-4,9,11H2,1H3,(H,17,22). The summed E-state index contributed by atoms with van der Waals surface area (Å²) in [5.74, 6) is 1.05. The number of anilines is 1. The number of pyridine rings is 1. The summed E-state index contributed by atoms with van der Waals surface area (Å²) in [7, 11) is 1.62. The van der Waals surface area contributed by atoms with E-state index in [0.29, 0.717) is 11.6 Å². The number of carbonyl (C=O) groups excluding carboxylic acids is 1. The van der Waals surface area contributed by atoms with Gasteiger partial charge in [0, 0.05) is 44.1 Å². The summed E-state index contributed by atoms with van der Waals surface area (Å²) >= 11 is 0. The van der Waals surface area contributed by atoms with Gasteiger partial charge in [-0.1, -0.05) is 6.07 Å². The Morgan fingerprint density at radius 2 is 2.27 bits per heavy atom. The Morgan fingerprint density at radius 3 is 3.05 bits per heavy atom. The fraction of sp³-hybridized carbons (Fsp3) is 0.375. The molecule has 1 saturated heterocycles. The summed E-state index contributed by atoms with van der Waals surface area (Å²) in [6, 6.07) is 5.64. The van der Waals surface area contributed by atoms with Crippen molar-refractivity contribution in [2.24, 2.45) is 0 Å². The lowest BCUT2D eigenvalue weighted by molar-refractivity contribution is 0.0958. The number of amides is 1. The highest BCUT2D eigenvalue weighted by molar-refractivity contribution is 5.92.